The van der Waals surface area contributed by atoms with Gasteiger partial charge >= 0.3 is 6.03 Å². The molecule has 8 nitrogen and oxygen atoms in total. The van der Waals surface area contributed by atoms with Crippen LogP contribution in [0.25, 0.3) is 10.9 Å². The molecule has 1 aliphatic heterocycles. The predicted octanol–water partition coefficient (Wildman–Crippen LogP) is 4.94. The Hall–Kier alpha value is -2.29. The summed E-state index contributed by atoms with van der Waals surface area (Å²) in [5.41, 5.74) is 8.34. The Morgan fingerprint density at radius 2 is 1.87 bits per heavy atom. The SMILES string of the molecule is CC1CC(NC(=O)N2CCC(C(NC3CCC(c4c[nH]c5ccncc45)CC3)C(N)=O)CC2)CC(Cl)=C1Cl. The molecule has 3 amide bonds. The first kappa shape index (κ1) is 27.3. The standard InChI is InChI=1S/C28H38Cl2N6O2/c1-16-12-20(13-23(29)25(16)30)35-28(38)36-10-7-18(8-11-36)26(27(31)37)34-19-4-2-17(3-5-19)21-15-33-24-6-9-32-14-22(21)24/h6,9,14-20,26,33-34H,2-5,7-8,10-13H2,1H3,(H2,31,37)(H,35,38). The smallest absolute Gasteiger partial charge is 0.317 e. The fourth-order valence-electron chi connectivity index (χ4n) is 6.60. The predicted molar refractivity (Wildman–Crippen MR) is 151 cm³/mol. The lowest BCUT2D eigenvalue weighted by molar-refractivity contribution is -0.122. The molecule has 0 aromatic carbocycles. The lowest BCUT2D eigenvalue weighted by Gasteiger charge is -2.38. The van der Waals surface area contributed by atoms with E-state index in [0.717, 1.165) is 50.5 Å². The van der Waals surface area contributed by atoms with E-state index in [1.807, 2.05) is 30.3 Å². The molecule has 0 bridgehead atoms. The van der Waals surface area contributed by atoms with E-state index in [4.69, 9.17) is 28.9 Å². The summed E-state index contributed by atoms with van der Waals surface area (Å²) in [6, 6.07) is 1.83. The molecule has 0 radical (unpaired) electrons. The number of halogens is 2. The lowest BCUT2D eigenvalue weighted by Crippen LogP contribution is -2.55. The third kappa shape index (κ3) is 5.97. The molecule has 3 atom stereocenters. The highest BCUT2D eigenvalue weighted by Gasteiger charge is 2.35. The van der Waals surface area contributed by atoms with E-state index in [9.17, 15) is 9.59 Å². The summed E-state index contributed by atoms with van der Waals surface area (Å²) in [5.74, 6) is 0.464. The number of aromatic nitrogens is 2. The minimum Gasteiger partial charge on any atom is -0.368 e. The van der Waals surface area contributed by atoms with Crippen LogP contribution in [0.4, 0.5) is 4.79 Å². The quantitative estimate of drug-likeness (QED) is 0.400. The van der Waals surface area contributed by atoms with Gasteiger partial charge in [0.05, 0.1) is 6.04 Å². The number of primary amides is 1. The number of aromatic amines is 1. The summed E-state index contributed by atoms with van der Waals surface area (Å²) in [6.45, 7) is 3.24. The largest absolute Gasteiger partial charge is 0.368 e. The zero-order chi connectivity index (χ0) is 26.8. The zero-order valence-corrected chi connectivity index (χ0v) is 23.4. The van der Waals surface area contributed by atoms with E-state index >= 15 is 0 Å². The zero-order valence-electron chi connectivity index (χ0n) is 21.9. The fourth-order valence-corrected chi connectivity index (χ4v) is 7.14. The van der Waals surface area contributed by atoms with Crippen LogP contribution < -0.4 is 16.4 Å². The van der Waals surface area contributed by atoms with Crippen LogP contribution in [0.3, 0.4) is 0 Å². The highest BCUT2D eigenvalue weighted by molar-refractivity contribution is 6.39. The van der Waals surface area contributed by atoms with E-state index in [-0.39, 0.29) is 41.9 Å². The topological polar surface area (TPSA) is 116 Å². The maximum Gasteiger partial charge on any atom is 0.317 e. The van der Waals surface area contributed by atoms with Gasteiger partial charge in [0.25, 0.3) is 0 Å². The van der Waals surface area contributed by atoms with Crippen LogP contribution in [-0.2, 0) is 4.79 Å². The Morgan fingerprint density at radius 3 is 2.55 bits per heavy atom. The number of hydrogen-bond donors (Lipinski definition) is 4. The second-order valence-corrected chi connectivity index (χ2v) is 12.2. The van der Waals surface area contributed by atoms with Crippen LogP contribution in [0.5, 0.6) is 0 Å². The van der Waals surface area contributed by atoms with Gasteiger partial charge in [0.15, 0.2) is 0 Å². The number of amides is 3. The van der Waals surface area contributed by atoms with Crippen LogP contribution in [0.15, 0.2) is 34.7 Å². The normalized spacial score (nSPS) is 27.9. The van der Waals surface area contributed by atoms with Crippen molar-refractivity contribution in [2.75, 3.05) is 13.1 Å². The molecular formula is C28H38Cl2N6O2. The van der Waals surface area contributed by atoms with Gasteiger partial charge in [-0.2, -0.15) is 0 Å². The number of nitrogens with two attached hydrogens (primary N) is 1. The van der Waals surface area contributed by atoms with Gasteiger partial charge in [0.1, 0.15) is 0 Å². The number of rotatable bonds is 6. The molecular weight excluding hydrogens is 523 g/mol. The van der Waals surface area contributed by atoms with E-state index in [2.05, 4.69) is 26.8 Å². The van der Waals surface area contributed by atoms with Crippen LogP contribution in [0.2, 0.25) is 0 Å². The summed E-state index contributed by atoms with van der Waals surface area (Å²) >= 11 is 12.5. The molecule has 1 saturated carbocycles. The minimum absolute atomic E-state index is 0.0131. The van der Waals surface area contributed by atoms with E-state index in [1.54, 1.807) is 0 Å². The Balaban J connectivity index is 1.10. The van der Waals surface area contributed by atoms with Crippen LogP contribution >= 0.6 is 23.2 Å². The second kappa shape index (κ2) is 11.8. The number of allylic oxidation sites excluding steroid dienone is 1. The Labute approximate surface area is 234 Å². The molecule has 2 aromatic rings. The first-order valence-electron chi connectivity index (χ1n) is 13.9. The number of urea groups is 1. The summed E-state index contributed by atoms with van der Waals surface area (Å²) in [6.07, 6.45) is 12.9. The summed E-state index contributed by atoms with van der Waals surface area (Å²) in [4.78, 5) is 34.9. The third-order valence-corrected chi connectivity index (χ3v) is 9.84. The summed E-state index contributed by atoms with van der Waals surface area (Å²) in [7, 11) is 0. The molecule has 38 heavy (non-hydrogen) atoms. The number of carbonyl (C=O) groups excluding carboxylic acids is 2. The first-order valence-corrected chi connectivity index (χ1v) is 14.6. The van der Waals surface area contributed by atoms with Gasteiger partial charge in [-0.3, -0.25) is 9.78 Å². The molecule has 206 valence electrons. The van der Waals surface area contributed by atoms with Gasteiger partial charge in [-0.15, -0.1) is 0 Å². The van der Waals surface area contributed by atoms with E-state index in [1.165, 1.54) is 10.9 Å². The fraction of sp³-hybridized carbons (Fsp3) is 0.607. The first-order chi connectivity index (χ1) is 18.3. The van der Waals surface area contributed by atoms with Crippen molar-refractivity contribution < 1.29 is 9.59 Å². The number of carbonyl (C=O) groups is 2. The molecule has 10 heteroatoms. The van der Waals surface area contributed by atoms with E-state index < -0.39 is 0 Å². The van der Waals surface area contributed by atoms with Crippen molar-refractivity contribution in [2.24, 2.45) is 17.6 Å². The molecule has 1 saturated heterocycles. The van der Waals surface area contributed by atoms with Crippen LogP contribution in [0.1, 0.15) is 69.8 Å². The number of nitrogens with one attached hydrogen (secondary N) is 3. The Morgan fingerprint density at radius 1 is 1.13 bits per heavy atom. The van der Waals surface area contributed by atoms with Crippen LogP contribution in [0, 0.1) is 11.8 Å². The average Bonchev–Trinajstić information content (AvgIpc) is 3.35. The van der Waals surface area contributed by atoms with Crippen molar-refractivity contribution in [1.82, 2.24) is 25.5 Å². The molecule has 3 unspecified atom stereocenters. The number of fused-ring (bicyclic) bond motifs is 1. The molecule has 5 rings (SSSR count). The monoisotopic (exact) mass is 560 g/mol. The van der Waals surface area contributed by atoms with Gasteiger partial charge < -0.3 is 26.3 Å². The van der Waals surface area contributed by atoms with Crippen molar-refractivity contribution in [3.05, 3.63) is 40.3 Å². The Bertz CT molecular complexity index is 1180. The van der Waals surface area contributed by atoms with Gasteiger partial charge in [-0.1, -0.05) is 30.1 Å². The maximum atomic E-state index is 12.9. The number of piperidine rings is 1. The number of pyridine rings is 1. The Kier molecular flexibility index (Phi) is 8.50. The summed E-state index contributed by atoms with van der Waals surface area (Å²) in [5, 5.41) is 9.27. The third-order valence-electron chi connectivity index (χ3n) is 8.79. The maximum absolute atomic E-state index is 12.9. The molecule has 0 spiro atoms. The van der Waals surface area contributed by atoms with Gasteiger partial charge in [0, 0.05) is 71.2 Å². The van der Waals surface area contributed by atoms with Gasteiger partial charge in [-0.25, -0.2) is 4.79 Å². The van der Waals surface area contributed by atoms with Gasteiger partial charge in [0.2, 0.25) is 5.91 Å². The van der Waals surface area contributed by atoms with Crippen LogP contribution in [-0.4, -0.2) is 58.0 Å². The number of nitrogens with zero attached hydrogens (tertiary/aromatic N) is 2. The van der Waals surface area contributed by atoms with E-state index in [0.29, 0.717) is 35.5 Å². The number of likely N-dealkylation sites (tertiary alicyclic amines) is 1. The highest BCUT2D eigenvalue weighted by Crippen LogP contribution is 2.37. The molecule has 2 aromatic heterocycles. The summed E-state index contributed by atoms with van der Waals surface area (Å²) < 4.78 is 0. The lowest BCUT2D eigenvalue weighted by atomic mass is 9.80. The molecule has 2 fully saturated rings. The van der Waals surface area contributed by atoms with Gasteiger partial charge in [-0.05, 0) is 74.3 Å². The van der Waals surface area contributed by atoms with Crippen molar-refractivity contribution in [3.8, 4) is 0 Å². The van der Waals surface area contributed by atoms with Crippen molar-refractivity contribution in [3.63, 3.8) is 0 Å². The molecule has 2 aliphatic carbocycles. The molecule has 3 aliphatic rings. The van der Waals surface area contributed by atoms with Crippen molar-refractivity contribution in [2.45, 2.75) is 82.3 Å². The second-order valence-electron chi connectivity index (χ2n) is 11.3. The number of hydrogen-bond acceptors (Lipinski definition) is 4. The molecule has 5 N–H and O–H groups in total. The highest BCUT2D eigenvalue weighted by atomic mass is 35.5. The minimum atomic E-state index is -0.371. The molecule has 3 heterocycles. The van der Waals surface area contributed by atoms with Crippen molar-refractivity contribution in [1.29, 1.82) is 0 Å². The van der Waals surface area contributed by atoms with Crippen molar-refractivity contribution >= 4 is 46.0 Å². The average molecular weight is 562 g/mol. The number of H-pyrrole nitrogens is 1.